The molecule has 0 saturated heterocycles. The predicted octanol–water partition coefficient (Wildman–Crippen LogP) is 3.42. The Bertz CT molecular complexity index is 883. The highest BCUT2D eigenvalue weighted by atomic mass is 35.5. The summed E-state index contributed by atoms with van der Waals surface area (Å²) in [5.74, 6) is -1.13. The van der Waals surface area contributed by atoms with Crippen molar-refractivity contribution >= 4 is 29.4 Å². The molecule has 0 radical (unpaired) electrons. The van der Waals surface area contributed by atoms with Gasteiger partial charge in [0.25, 0.3) is 5.91 Å². The van der Waals surface area contributed by atoms with Gasteiger partial charge < -0.3 is 9.84 Å². The Kier molecular flexibility index (Phi) is 6.13. The van der Waals surface area contributed by atoms with Gasteiger partial charge in [0.05, 0.1) is 28.3 Å². The minimum absolute atomic E-state index is 0.0453. The summed E-state index contributed by atoms with van der Waals surface area (Å²) in [4.78, 5) is 22.4. The summed E-state index contributed by atoms with van der Waals surface area (Å²) in [7, 11) is 0. The Morgan fingerprint density at radius 1 is 1.42 bits per heavy atom. The highest BCUT2D eigenvalue weighted by Crippen LogP contribution is 2.36. The number of rotatable bonds is 6. The van der Waals surface area contributed by atoms with E-state index in [1.165, 1.54) is 12.3 Å². The number of phenolic OH excluding ortho intramolecular Hbond substituents is 1. The zero-order valence-electron chi connectivity index (χ0n) is 14.0. The molecule has 136 valence electrons. The van der Waals surface area contributed by atoms with Crippen molar-refractivity contribution in [2.75, 3.05) is 6.61 Å². The van der Waals surface area contributed by atoms with Crippen molar-refractivity contribution in [3.63, 3.8) is 0 Å². The fraction of sp³-hybridized carbons (Fsp3) is 0.176. The van der Waals surface area contributed by atoms with E-state index in [9.17, 15) is 20.0 Å². The molecule has 0 saturated carbocycles. The maximum Gasteiger partial charge on any atom is 0.315 e. The first-order valence-electron chi connectivity index (χ1n) is 7.57. The minimum Gasteiger partial charge on any atom is -0.500 e. The molecular weight excluding hydrogens is 362 g/mol. The Hall–Kier alpha value is -3.13. The first kappa shape index (κ1) is 19.2. The van der Waals surface area contributed by atoms with E-state index in [4.69, 9.17) is 16.3 Å². The predicted molar refractivity (Wildman–Crippen MR) is 97.2 cm³/mol. The summed E-state index contributed by atoms with van der Waals surface area (Å²) in [5, 5.41) is 24.9. The topological polar surface area (TPSA) is 114 Å². The third kappa shape index (κ3) is 4.48. The number of amides is 1. The van der Waals surface area contributed by atoms with E-state index in [1.807, 2.05) is 6.92 Å². The van der Waals surface area contributed by atoms with E-state index in [0.29, 0.717) is 0 Å². The molecule has 0 aromatic heterocycles. The molecule has 2 N–H and O–H groups in total. The molecule has 8 nitrogen and oxygen atoms in total. The lowest BCUT2D eigenvalue weighted by Crippen LogP contribution is -2.18. The molecule has 0 aliphatic rings. The maximum absolute atomic E-state index is 12.1. The van der Waals surface area contributed by atoms with Crippen molar-refractivity contribution in [1.82, 2.24) is 5.43 Å². The number of nitro benzene ring substituents is 1. The zero-order chi connectivity index (χ0) is 19.3. The van der Waals surface area contributed by atoms with Crippen LogP contribution in [0.25, 0.3) is 0 Å². The number of carbonyl (C=O) groups is 1. The van der Waals surface area contributed by atoms with E-state index >= 15 is 0 Å². The molecule has 2 aromatic rings. The number of benzene rings is 2. The standard InChI is InChI=1S/C17H16ClN3O5/c1-3-26-15-8-11(7-14(16(15)22)21(24)25)9-19-20-17(23)12-5-4-10(2)6-13(12)18/h4-9,22H,3H2,1-2H3,(H,20,23)/b19-9-. The number of nitrogens with one attached hydrogen (secondary N) is 1. The van der Waals surface area contributed by atoms with Gasteiger partial charge in [-0.1, -0.05) is 17.7 Å². The number of halogens is 1. The lowest BCUT2D eigenvalue weighted by atomic mass is 10.1. The van der Waals surface area contributed by atoms with Gasteiger partial charge in [-0.2, -0.15) is 5.10 Å². The van der Waals surface area contributed by atoms with Crippen LogP contribution in [0.4, 0.5) is 5.69 Å². The molecule has 0 fully saturated rings. The smallest absolute Gasteiger partial charge is 0.315 e. The number of phenols is 1. The van der Waals surface area contributed by atoms with Gasteiger partial charge in [0.2, 0.25) is 5.75 Å². The fourth-order valence-corrected chi connectivity index (χ4v) is 2.44. The molecule has 0 aliphatic heterocycles. The molecule has 0 atom stereocenters. The van der Waals surface area contributed by atoms with Crippen LogP contribution in [-0.4, -0.2) is 28.8 Å². The number of hydrogen-bond donors (Lipinski definition) is 2. The first-order valence-corrected chi connectivity index (χ1v) is 7.95. The highest BCUT2D eigenvalue weighted by molar-refractivity contribution is 6.33. The number of hydrazone groups is 1. The Labute approximate surface area is 154 Å². The molecule has 0 bridgehead atoms. The second-order valence-corrected chi connectivity index (χ2v) is 5.67. The van der Waals surface area contributed by atoms with Crippen LogP contribution in [0.2, 0.25) is 5.02 Å². The Morgan fingerprint density at radius 3 is 2.77 bits per heavy atom. The van der Waals surface area contributed by atoms with Crippen molar-refractivity contribution in [1.29, 1.82) is 0 Å². The number of carbonyl (C=O) groups excluding carboxylic acids is 1. The van der Waals surface area contributed by atoms with Gasteiger partial charge in [0.1, 0.15) is 0 Å². The van der Waals surface area contributed by atoms with Crippen LogP contribution in [0.5, 0.6) is 11.5 Å². The largest absolute Gasteiger partial charge is 0.500 e. The molecule has 26 heavy (non-hydrogen) atoms. The molecule has 0 heterocycles. The number of aryl methyl sites for hydroxylation is 1. The maximum atomic E-state index is 12.1. The number of hydrogen-bond acceptors (Lipinski definition) is 6. The molecule has 0 unspecified atom stereocenters. The number of aromatic hydroxyl groups is 1. The molecule has 1 amide bonds. The summed E-state index contributed by atoms with van der Waals surface area (Å²) in [5.41, 5.74) is 3.21. The summed E-state index contributed by atoms with van der Waals surface area (Å²) < 4.78 is 5.17. The first-order chi connectivity index (χ1) is 12.3. The highest BCUT2D eigenvalue weighted by Gasteiger charge is 2.19. The molecule has 0 spiro atoms. The molecule has 2 rings (SSSR count). The minimum atomic E-state index is -0.736. The van der Waals surface area contributed by atoms with Gasteiger partial charge in [-0.05, 0) is 37.6 Å². The van der Waals surface area contributed by atoms with Crippen LogP contribution in [0.1, 0.15) is 28.4 Å². The zero-order valence-corrected chi connectivity index (χ0v) is 14.8. The summed E-state index contributed by atoms with van der Waals surface area (Å²) >= 11 is 6.02. The van der Waals surface area contributed by atoms with E-state index in [1.54, 1.807) is 25.1 Å². The normalized spacial score (nSPS) is 10.7. The van der Waals surface area contributed by atoms with E-state index in [2.05, 4.69) is 10.5 Å². The van der Waals surface area contributed by atoms with Crippen molar-refractivity contribution in [3.05, 3.63) is 62.2 Å². The fourth-order valence-electron chi connectivity index (χ4n) is 2.12. The van der Waals surface area contributed by atoms with Crippen molar-refractivity contribution in [2.45, 2.75) is 13.8 Å². The van der Waals surface area contributed by atoms with Gasteiger partial charge in [0, 0.05) is 11.6 Å². The van der Waals surface area contributed by atoms with Crippen LogP contribution in [0.15, 0.2) is 35.4 Å². The number of nitrogens with zero attached hydrogens (tertiary/aromatic N) is 2. The van der Waals surface area contributed by atoms with Crippen LogP contribution < -0.4 is 10.2 Å². The monoisotopic (exact) mass is 377 g/mol. The van der Waals surface area contributed by atoms with Crippen molar-refractivity contribution < 1.29 is 19.6 Å². The molecule has 0 aliphatic carbocycles. The van der Waals surface area contributed by atoms with Crippen LogP contribution >= 0.6 is 11.6 Å². The third-order valence-corrected chi connectivity index (χ3v) is 3.64. The number of nitro groups is 1. The molecular formula is C17H16ClN3O5. The summed E-state index contributed by atoms with van der Waals surface area (Å²) in [6.07, 6.45) is 1.20. The lowest BCUT2D eigenvalue weighted by molar-refractivity contribution is -0.386. The quantitative estimate of drug-likeness (QED) is 0.454. The summed E-state index contributed by atoms with van der Waals surface area (Å²) in [6.45, 7) is 3.74. The Balaban J connectivity index is 2.21. The van der Waals surface area contributed by atoms with E-state index in [0.717, 1.165) is 11.6 Å². The van der Waals surface area contributed by atoms with Gasteiger partial charge in [-0.15, -0.1) is 0 Å². The van der Waals surface area contributed by atoms with Crippen LogP contribution in [0.3, 0.4) is 0 Å². The van der Waals surface area contributed by atoms with Crippen LogP contribution in [0, 0.1) is 17.0 Å². The average Bonchev–Trinajstić information content (AvgIpc) is 2.57. The SMILES string of the molecule is CCOc1cc(/C=N\NC(=O)c2ccc(C)cc2Cl)cc([N+](=O)[O-])c1O. The van der Waals surface area contributed by atoms with Gasteiger partial charge in [-0.25, -0.2) is 5.43 Å². The summed E-state index contributed by atoms with van der Waals surface area (Å²) in [6, 6.07) is 7.45. The average molecular weight is 378 g/mol. The van der Waals surface area contributed by atoms with E-state index in [-0.39, 0.29) is 28.5 Å². The third-order valence-electron chi connectivity index (χ3n) is 3.32. The molecule has 9 heteroatoms. The second-order valence-electron chi connectivity index (χ2n) is 5.26. The molecule has 2 aromatic carbocycles. The van der Waals surface area contributed by atoms with Gasteiger partial charge >= 0.3 is 5.69 Å². The van der Waals surface area contributed by atoms with E-state index < -0.39 is 22.3 Å². The lowest BCUT2D eigenvalue weighted by Gasteiger charge is -2.07. The van der Waals surface area contributed by atoms with Crippen molar-refractivity contribution in [2.24, 2.45) is 5.10 Å². The van der Waals surface area contributed by atoms with Gasteiger partial charge in [-0.3, -0.25) is 14.9 Å². The second kappa shape index (κ2) is 8.30. The van der Waals surface area contributed by atoms with Crippen molar-refractivity contribution in [3.8, 4) is 11.5 Å². The van der Waals surface area contributed by atoms with Gasteiger partial charge in [0.15, 0.2) is 5.75 Å². The number of ether oxygens (including phenoxy) is 1. The van der Waals surface area contributed by atoms with Crippen LogP contribution in [-0.2, 0) is 0 Å². The Morgan fingerprint density at radius 2 is 2.15 bits per heavy atom.